The van der Waals surface area contributed by atoms with Gasteiger partial charge in [0.1, 0.15) is 17.1 Å². The van der Waals surface area contributed by atoms with E-state index in [2.05, 4.69) is 4.72 Å². The Morgan fingerprint density at radius 1 is 1.26 bits per heavy atom. The highest BCUT2D eigenvalue weighted by molar-refractivity contribution is 7.88. The summed E-state index contributed by atoms with van der Waals surface area (Å²) in [6.07, 6.45) is 0.672. The van der Waals surface area contributed by atoms with Crippen molar-refractivity contribution >= 4 is 27.5 Å². The predicted octanol–water partition coefficient (Wildman–Crippen LogP) is 3.46. The number of rotatable bonds is 6. The standard InChI is InChI=1S/C24H27ClF2N2O4S/c1-23(2,31)22(30)29-17-12-24(27,13-17)21(28-34(3,32)33)19(29)11-15-7-5-9-18(20(15)26)14-6-4-8-16(25)10-14/h4-10,17,19,21,28,31H,11-13H2,1-3H3/t17?,19-,21+,24?/m0/s1. The molecular weight excluding hydrogens is 486 g/mol. The van der Waals surface area contributed by atoms with Gasteiger partial charge < -0.3 is 10.0 Å². The molecule has 2 bridgehead atoms. The number of hydrogen-bond acceptors (Lipinski definition) is 4. The van der Waals surface area contributed by atoms with Crippen molar-refractivity contribution in [2.24, 2.45) is 0 Å². The molecule has 3 fully saturated rings. The number of sulfonamides is 1. The maximum atomic E-state index is 15.7. The summed E-state index contributed by atoms with van der Waals surface area (Å²) < 4.78 is 57.9. The molecule has 1 aliphatic carbocycles. The fraction of sp³-hybridized carbons (Fsp3) is 0.458. The lowest BCUT2D eigenvalue weighted by atomic mass is 9.64. The summed E-state index contributed by atoms with van der Waals surface area (Å²) in [5, 5.41) is 10.8. The highest BCUT2D eigenvalue weighted by atomic mass is 35.5. The third-order valence-corrected chi connectivity index (χ3v) is 7.50. The molecule has 6 nitrogen and oxygen atoms in total. The number of fused-ring (bicyclic) bond motifs is 2. The predicted molar refractivity (Wildman–Crippen MR) is 126 cm³/mol. The Morgan fingerprint density at radius 2 is 1.91 bits per heavy atom. The first kappa shape index (κ1) is 25.0. The van der Waals surface area contributed by atoms with Gasteiger partial charge in [0.25, 0.3) is 5.91 Å². The molecule has 0 spiro atoms. The highest BCUT2D eigenvalue weighted by Gasteiger charge is 2.64. The monoisotopic (exact) mass is 512 g/mol. The van der Waals surface area contributed by atoms with Crippen LogP contribution in [0.1, 0.15) is 32.3 Å². The maximum Gasteiger partial charge on any atom is 0.254 e. The van der Waals surface area contributed by atoms with Gasteiger partial charge in [-0.2, -0.15) is 0 Å². The molecule has 0 radical (unpaired) electrons. The Morgan fingerprint density at radius 3 is 2.50 bits per heavy atom. The normalized spacial score (nSPS) is 26.8. The third kappa shape index (κ3) is 4.71. The lowest BCUT2D eigenvalue weighted by molar-refractivity contribution is -0.181. The second-order valence-corrected chi connectivity index (χ2v) is 12.0. The zero-order chi connectivity index (χ0) is 25.1. The number of halogens is 3. The molecule has 10 heteroatoms. The average Bonchev–Trinajstić information content (AvgIpc) is 2.69. The van der Waals surface area contributed by atoms with Crippen molar-refractivity contribution in [1.29, 1.82) is 0 Å². The lowest BCUT2D eigenvalue weighted by Gasteiger charge is -2.61. The zero-order valence-electron chi connectivity index (χ0n) is 19.1. The van der Waals surface area contributed by atoms with E-state index < -0.39 is 51.1 Å². The second kappa shape index (κ2) is 8.55. The van der Waals surface area contributed by atoms with E-state index in [4.69, 9.17) is 11.6 Å². The van der Waals surface area contributed by atoms with Crippen molar-refractivity contribution in [2.75, 3.05) is 6.26 Å². The molecule has 5 rings (SSSR count). The van der Waals surface area contributed by atoms with Crippen LogP contribution in [-0.4, -0.2) is 60.0 Å². The van der Waals surface area contributed by atoms with Crippen LogP contribution in [0.4, 0.5) is 8.78 Å². The van der Waals surface area contributed by atoms with Crippen molar-refractivity contribution in [3.05, 3.63) is 58.9 Å². The Kier molecular flexibility index (Phi) is 6.29. The first-order valence-electron chi connectivity index (χ1n) is 10.9. The van der Waals surface area contributed by atoms with Gasteiger partial charge >= 0.3 is 0 Å². The summed E-state index contributed by atoms with van der Waals surface area (Å²) in [4.78, 5) is 14.5. The van der Waals surface area contributed by atoms with E-state index in [1.807, 2.05) is 0 Å². The molecule has 1 saturated carbocycles. The number of nitrogens with one attached hydrogen (secondary N) is 1. The van der Waals surface area contributed by atoms with Crippen LogP contribution in [0.5, 0.6) is 0 Å². The van der Waals surface area contributed by atoms with E-state index >= 15 is 8.78 Å². The molecule has 0 unspecified atom stereocenters. The number of nitrogens with zero attached hydrogens (tertiary/aromatic N) is 1. The molecule has 2 heterocycles. The van der Waals surface area contributed by atoms with Crippen LogP contribution in [0, 0.1) is 5.82 Å². The van der Waals surface area contributed by atoms with Gasteiger partial charge in [-0.1, -0.05) is 41.9 Å². The van der Waals surface area contributed by atoms with Gasteiger partial charge in [0.2, 0.25) is 10.0 Å². The number of carbonyl (C=O) groups is 1. The SMILES string of the molecule is CC(C)(O)C(=O)N1C2CC(F)(C2)[C@H](NS(C)(=O)=O)[C@@H]1Cc1cccc(-c2cccc(Cl)c2)c1F. The van der Waals surface area contributed by atoms with Gasteiger partial charge in [-0.05, 0) is 43.5 Å². The van der Waals surface area contributed by atoms with Crippen LogP contribution in [0.25, 0.3) is 11.1 Å². The molecule has 2 aromatic rings. The van der Waals surface area contributed by atoms with Crippen LogP contribution >= 0.6 is 11.6 Å². The molecule has 1 amide bonds. The van der Waals surface area contributed by atoms with E-state index in [1.54, 1.807) is 36.4 Å². The number of aliphatic hydroxyl groups is 1. The fourth-order valence-electron chi connectivity index (χ4n) is 5.06. The minimum atomic E-state index is -3.84. The Bertz CT molecular complexity index is 1230. The van der Waals surface area contributed by atoms with Gasteiger partial charge in [0.15, 0.2) is 0 Å². The van der Waals surface area contributed by atoms with Crippen molar-refractivity contribution in [2.45, 2.75) is 62.5 Å². The van der Waals surface area contributed by atoms with Crippen LogP contribution in [0.15, 0.2) is 42.5 Å². The number of carbonyl (C=O) groups excluding carboxylic acids is 1. The van der Waals surface area contributed by atoms with Gasteiger partial charge in [-0.15, -0.1) is 0 Å². The second-order valence-electron chi connectivity index (χ2n) is 9.80. The van der Waals surface area contributed by atoms with Gasteiger partial charge in [-0.3, -0.25) is 4.79 Å². The van der Waals surface area contributed by atoms with Crippen molar-refractivity contribution in [1.82, 2.24) is 9.62 Å². The number of piperidine rings is 2. The summed E-state index contributed by atoms with van der Waals surface area (Å²) >= 11 is 6.06. The lowest BCUT2D eigenvalue weighted by Crippen LogP contribution is -2.78. The molecule has 3 aliphatic rings. The Balaban J connectivity index is 1.77. The number of hydrogen-bond donors (Lipinski definition) is 2. The molecule has 2 N–H and O–H groups in total. The number of amides is 1. The van der Waals surface area contributed by atoms with Crippen LogP contribution in [0.3, 0.4) is 0 Å². The zero-order valence-corrected chi connectivity index (χ0v) is 20.6. The largest absolute Gasteiger partial charge is 0.381 e. The topological polar surface area (TPSA) is 86.7 Å². The quantitative estimate of drug-likeness (QED) is 0.620. The van der Waals surface area contributed by atoms with Crippen molar-refractivity contribution < 1.29 is 27.1 Å². The molecular formula is C24H27ClF2N2O4S. The molecule has 2 atom stereocenters. The summed E-state index contributed by atoms with van der Waals surface area (Å²) in [5.41, 5.74) is -2.60. The summed E-state index contributed by atoms with van der Waals surface area (Å²) in [6.45, 7) is 2.64. The van der Waals surface area contributed by atoms with E-state index in [0.717, 1.165) is 6.26 Å². The first-order chi connectivity index (χ1) is 15.7. The maximum absolute atomic E-state index is 15.7. The molecule has 2 saturated heterocycles. The molecule has 34 heavy (non-hydrogen) atoms. The first-order valence-corrected chi connectivity index (χ1v) is 13.2. The van der Waals surface area contributed by atoms with Crippen LogP contribution < -0.4 is 4.72 Å². The highest BCUT2D eigenvalue weighted by Crippen LogP contribution is 2.50. The Labute approximate surface area is 203 Å². The molecule has 184 valence electrons. The van der Waals surface area contributed by atoms with Gasteiger partial charge in [0.05, 0.1) is 18.3 Å². The van der Waals surface area contributed by atoms with Crippen molar-refractivity contribution in [3.63, 3.8) is 0 Å². The van der Waals surface area contributed by atoms with E-state index in [0.29, 0.717) is 10.6 Å². The van der Waals surface area contributed by atoms with Gasteiger partial charge in [0, 0.05) is 29.5 Å². The Hall–Kier alpha value is -2.07. The fourth-order valence-corrected chi connectivity index (χ4v) is 6.08. The van der Waals surface area contributed by atoms with Crippen LogP contribution in [0.2, 0.25) is 5.02 Å². The van der Waals surface area contributed by atoms with Gasteiger partial charge in [-0.25, -0.2) is 21.9 Å². The minimum Gasteiger partial charge on any atom is -0.381 e. The molecule has 0 aromatic heterocycles. The summed E-state index contributed by atoms with van der Waals surface area (Å²) in [5.74, 6) is -1.22. The molecule has 2 aromatic carbocycles. The summed E-state index contributed by atoms with van der Waals surface area (Å²) in [7, 11) is -3.84. The summed E-state index contributed by atoms with van der Waals surface area (Å²) in [6, 6.07) is 8.63. The van der Waals surface area contributed by atoms with Crippen LogP contribution in [-0.2, 0) is 21.2 Å². The number of alkyl halides is 1. The van der Waals surface area contributed by atoms with E-state index in [9.17, 15) is 18.3 Å². The molecule has 2 aliphatic heterocycles. The smallest absolute Gasteiger partial charge is 0.254 e. The van der Waals surface area contributed by atoms with E-state index in [-0.39, 0.29) is 30.4 Å². The number of benzene rings is 2. The van der Waals surface area contributed by atoms with E-state index in [1.165, 1.54) is 24.8 Å². The van der Waals surface area contributed by atoms with Crippen molar-refractivity contribution in [3.8, 4) is 11.1 Å². The minimum absolute atomic E-state index is 0.0520. The average molecular weight is 513 g/mol. The third-order valence-electron chi connectivity index (χ3n) is 6.59.